The van der Waals surface area contributed by atoms with E-state index in [-0.39, 0.29) is 12.2 Å². The fourth-order valence-corrected chi connectivity index (χ4v) is 3.48. The smallest absolute Gasteiger partial charge is 0.320 e. The van der Waals surface area contributed by atoms with Crippen LogP contribution in [0.3, 0.4) is 0 Å². The molecule has 0 N–H and O–H groups in total. The van der Waals surface area contributed by atoms with Crippen molar-refractivity contribution in [3.05, 3.63) is 0 Å². The Bertz CT molecular complexity index is 320. The van der Waals surface area contributed by atoms with Gasteiger partial charge in [0.25, 0.3) is 0 Å². The zero-order valence-electron chi connectivity index (χ0n) is 11.2. The van der Waals surface area contributed by atoms with Gasteiger partial charge >= 0.3 is 8.25 Å². The van der Waals surface area contributed by atoms with Gasteiger partial charge in [0, 0.05) is 0 Å². The van der Waals surface area contributed by atoms with E-state index >= 15 is 0 Å². The second-order valence-corrected chi connectivity index (χ2v) is 7.05. The summed E-state index contributed by atoms with van der Waals surface area (Å²) in [7, 11) is -2.53. The van der Waals surface area contributed by atoms with Gasteiger partial charge in [0.15, 0.2) is 5.79 Å². The average Bonchev–Trinajstić information content (AvgIpc) is 2.37. The monoisotopic (exact) mass is 264 g/mol. The average molecular weight is 264 g/mol. The van der Waals surface area contributed by atoms with Crippen LogP contribution in [-0.4, -0.2) is 29.2 Å². The summed E-state index contributed by atoms with van der Waals surface area (Å²) in [6.07, 6.45) is -0.604. The molecule has 2 unspecified atom stereocenters. The van der Waals surface area contributed by atoms with Crippen LogP contribution in [0.1, 0.15) is 41.5 Å². The summed E-state index contributed by atoms with van der Waals surface area (Å²) in [5.74, 6) is -0.677. The summed E-state index contributed by atoms with van der Waals surface area (Å²) in [6.45, 7) is 11.1. The van der Waals surface area contributed by atoms with Gasteiger partial charge in [0.1, 0.15) is 23.4 Å². The highest BCUT2D eigenvalue weighted by Gasteiger charge is 2.58. The summed E-state index contributed by atoms with van der Waals surface area (Å²) in [5.41, 5.74) is -1.38. The van der Waals surface area contributed by atoms with Crippen molar-refractivity contribution >= 4 is 8.25 Å². The predicted octanol–water partition coefficient (Wildman–Crippen LogP) is 2.50. The van der Waals surface area contributed by atoms with E-state index in [0.29, 0.717) is 0 Å². The maximum Gasteiger partial charge on any atom is 0.320 e. The Hall–Kier alpha value is 0.0700. The molecule has 0 aromatic heterocycles. The summed E-state index contributed by atoms with van der Waals surface area (Å²) in [6, 6.07) is 0. The Morgan fingerprint density at radius 1 is 0.824 bits per heavy atom. The molecule has 2 aliphatic rings. The quantitative estimate of drug-likeness (QED) is 0.629. The molecule has 2 atom stereocenters. The van der Waals surface area contributed by atoms with E-state index in [1.165, 1.54) is 0 Å². The number of ether oxygens (including phenoxy) is 2. The zero-order valence-corrected chi connectivity index (χ0v) is 12.2. The van der Waals surface area contributed by atoms with E-state index in [1.54, 1.807) is 0 Å². The maximum atomic E-state index is 11.7. The highest BCUT2D eigenvalue weighted by Crippen LogP contribution is 2.50. The minimum Gasteiger partial charge on any atom is -0.341 e. The third kappa shape index (κ3) is 2.45. The van der Waals surface area contributed by atoms with E-state index < -0.39 is 25.2 Å². The van der Waals surface area contributed by atoms with Crippen LogP contribution in [0.25, 0.3) is 0 Å². The molecule has 2 aliphatic heterocycles. The van der Waals surface area contributed by atoms with Crippen LogP contribution in [-0.2, 0) is 23.1 Å². The molecule has 2 fully saturated rings. The fraction of sp³-hybridized carbons (Fsp3) is 1.00. The predicted molar refractivity (Wildman–Crippen MR) is 63.2 cm³/mol. The first-order chi connectivity index (χ1) is 7.54. The van der Waals surface area contributed by atoms with Crippen molar-refractivity contribution in [1.82, 2.24) is 0 Å². The normalized spacial score (nSPS) is 42.8. The Morgan fingerprint density at radius 2 is 1.18 bits per heavy atom. The molecule has 5 nitrogen and oxygen atoms in total. The molecule has 0 aliphatic carbocycles. The highest BCUT2D eigenvalue weighted by molar-refractivity contribution is 7.33. The SMILES string of the molecule is CC1(C)OC2C(O1)C(C)(C)O[PH](=O)OC2(C)C. The number of fused-ring (bicyclic) bond motifs is 1. The Balaban J connectivity index is 2.39. The molecule has 2 saturated heterocycles. The van der Waals surface area contributed by atoms with Gasteiger partial charge in [-0.3, -0.25) is 4.57 Å². The second kappa shape index (κ2) is 3.78. The van der Waals surface area contributed by atoms with Crippen LogP contribution >= 0.6 is 8.25 Å². The highest BCUT2D eigenvalue weighted by atomic mass is 31.1. The first kappa shape index (κ1) is 13.5. The Kier molecular flexibility index (Phi) is 3.00. The van der Waals surface area contributed by atoms with Crippen LogP contribution < -0.4 is 0 Å². The number of rotatable bonds is 0. The first-order valence-electron chi connectivity index (χ1n) is 5.81. The molecule has 100 valence electrons. The van der Waals surface area contributed by atoms with Gasteiger partial charge in [-0.05, 0) is 41.5 Å². The molecule has 0 spiro atoms. The minimum atomic E-state index is -2.53. The van der Waals surface area contributed by atoms with Gasteiger partial charge in [-0.2, -0.15) is 0 Å². The van der Waals surface area contributed by atoms with Crippen LogP contribution in [0.5, 0.6) is 0 Å². The van der Waals surface area contributed by atoms with Crippen molar-refractivity contribution < 1.29 is 23.1 Å². The third-order valence-electron chi connectivity index (χ3n) is 3.16. The van der Waals surface area contributed by atoms with Gasteiger partial charge < -0.3 is 18.5 Å². The van der Waals surface area contributed by atoms with Crippen LogP contribution in [0, 0.1) is 0 Å². The molecule has 0 saturated carbocycles. The summed E-state index contributed by atoms with van der Waals surface area (Å²) in [4.78, 5) is 0. The van der Waals surface area contributed by atoms with Crippen LogP contribution in [0.2, 0.25) is 0 Å². The van der Waals surface area contributed by atoms with Crippen LogP contribution in [0.4, 0.5) is 0 Å². The molecule has 2 rings (SSSR count). The van der Waals surface area contributed by atoms with Crippen molar-refractivity contribution in [2.75, 3.05) is 0 Å². The maximum absolute atomic E-state index is 11.7. The Morgan fingerprint density at radius 3 is 1.53 bits per heavy atom. The molecule has 0 amide bonds. The molecule has 6 heteroatoms. The lowest BCUT2D eigenvalue weighted by molar-refractivity contribution is -0.173. The third-order valence-corrected chi connectivity index (χ3v) is 4.55. The van der Waals surface area contributed by atoms with Gasteiger partial charge in [-0.25, -0.2) is 0 Å². The largest absolute Gasteiger partial charge is 0.341 e. The molecule has 0 bridgehead atoms. The van der Waals surface area contributed by atoms with Crippen molar-refractivity contribution in [3.8, 4) is 0 Å². The van der Waals surface area contributed by atoms with Gasteiger partial charge in [-0.15, -0.1) is 0 Å². The number of hydrogen-bond acceptors (Lipinski definition) is 5. The summed E-state index contributed by atoms with van der Waals surface area (Å²) in [5, 5.41) is 0. The minimum absolute atomic E-state index is 0.302. The molecular formula is C11H21O5P. The summed E-state index contributed by atoms with van der Waals surface area (Å²) < 4.78 is 34.4. The van der Waals surface area contributed by atoms with Gasteiger partial charge in [0.2, 0.25) is 0 Å². The van der Waals surface area contributed by atoms with Crippen molar-refractivity contribution in [2.45, 2.75) is 70.7 Å². The van der Waals surface area contributed by atoms with E-state index in [0.717, 1.165) is 0 Å². The van der Waals surface area contributed by atoms with E-state index in [9.17, 15) is 4.57 Å². The van der Waals surface area contributed by atoms with Crippen LogP contribution in [0.15, 0.2) is 0 Å². The molecule has 0 radical (unpaired) electrons. The lowest BCUT2D eigenvalue weighted by Gasteiger charge is -2.33. The molecular weight excluding hydrogens is 243 g/mol. The van der Waals surface area contributed by atoms with Crippen molar-refractivity contribution in [3.63, 3.8) is 0 Å². The standard InChI is InChI=1S/C11H21O5P/c1-9(2)7-8(14-11(5,6)13-7)10(3,4)16-17(12)15-9/h7-8,17H,1-6H3. The molecule has 0 aromatic rings. The second-order valence-electron chi connectivity index (χ2n) is 6.14. The topological polar surface area (TPSA) is 54.0 Å². The lowest BCUT2D eigenvalue weighted by atomic mass is 9.88. The van der Waals surface area contributed by atoms with E-state index in [1.807, 2.05) is 41.5 Å². The lowest BCUT2D eigenvalue weighted by Crippen LogP contribution is -2.50. The van der Waals surface area contributed by atoms with Gasteiger partial charge in [0.05, 0.1) is 0 Å². The van der Waals surface area contributed by atoms with Crippen molar-refractivity contribution in [2.24, 2.45) is 0 Å². The van der Waals surface area contributed by atoms with E-state index in [4.69, 9.17) is 18.5 Å². The number of hydrogen-bond donors (Lipinski definition) is 0. The fourth-order valence-electron chi connectivity index (χ4n) is 2.34. The van der Waals surface area contributed by atoms with Crippen molar-refractivity contribution in [1.29, 1.82) is 0 Å². The summed E-state index contributed by atoms with van der Waals surface area (Å²) >= 11 is 0. The molecule has 2 heterocycles. The molecule has 0 aromatic carbocycles. The Labute approximate surface area is 103 Å². The van der Waals surface area contributed by atoms with Gasteiger partial charge in [-0.1, -0.05) is 0 Å². The van der Waals surface area contributed by atoms with E-state index in [2.05, 4.69) is 0 Å². The molecule has 17 heavy (non-hydrogen) atoms. The zero-order chi connectivity index (χ0) is 13.1. The first-order valence-corrected chi connectivity index (χ1v) is 7.04.